The fraction of sp³-hybridized carbons (Fsp3) is 0.278. The van der Waals surface area contributed by atoms with E-state index in [0.29, 0.717) is 11.3 Å². The fourth-order valence-electron chi connectivity index (χ4n) is 3.22. The highest BCUT2D eigenvalue weighted by atomic mass is 16.3. The van der Waals surface area contributed by atoms with Gasteiger partial charge in [-0.3, -0.25) is 9.48 Å². The summed E-state index contributed by atoms with van der Waals surface area (Å²) in [6, 6.07) is 9.60. The molecule has 1 fully saturated rings. The number of carbonyl (C=O) groups is 1. The minimum atomic E-state index is 0.0776. The van der Waals surface area contributed by atoms with Gasteiger partial charge in [-0.15, -0.1) is 0 Å². The van der Waals surface area contributed by atoms with Gasteiger partial charge in [0.1, 0.15) is 0 Å². The number of benzene rings is 1. The van der Waals surface area contributed by atoms with Gasteiger partial charge in [-0.25, -0.2) is 4.98 Å². The van der Waals surface area contributed by atoms with Crippen molar-refractivity contribution in [1.82, 2.24) is 19.7 Å². The van der Waals surface area contributed by atoms with Crippen molar-refractivity contribution < 1.29 is 9.21 Å². The second-order valence-corrected chi connectivity index (χ2v) is 5.97. The van der Waals surface area contributed by atoms with Crippen molar-refractivity contribution in [3.05, 3.63) is 60.9 Å². The number of aromatic nitrogens is 3. The summed E-state index contributed by atoms with van der Waals surface area (Å²) >= 11 is 0. The summed E-state index contributed by atoms with van der Waals surface area (Å²) in [5, 5.41) is 4.25. The Labute approximate surface area is 139 Å². The molecule has 2 aromatic heterocycles. The smallest absolute Gasteiger partial charge is 0.254 e. The zero-order valence-electron chi connectivity index (χ0n) is 13.2. The molecule has 6 heteroatoms. The zero-order valence-corrected chi connectivity index (χ0v) is 13.2. The molecular weight excluding hydrogens is 304 g/mol. The summed E-state index contributed by atoms with van der Waals surface area (Å²) in [5.41, 5.74) is 1.61. The number of likely N-dealkylation sites (tertiary alicyclic amines) is 1. The first kappa shape index (κ1) is 14.7. The molecule has 0 radical (unpaired) electrons. The molecule has 0 N–H and O–H groups in total. The van der Waals surface area contributed by atoms with E-state index in [9.17, 15) is 4.79 Å². The van der Waals surface area contributed by atoms with Crippen LogP contribution in [-0.4, -0.2) is 38.2 Å². The highest BCUT2D eigenvalue weighted by Gasteiger charge is 2.29. The van der Waals surface area contributed by atoms with Crippen molar-refractivity contribution in [1.29, 1.82) is 0 Å². The Hall–Kier alpha value is -2.89. The number of amides is 1. The van der Waals surface area contributed by atoms with Gasteiger partial charge in [0, 0.05) is 30.1 Å². The molecule has 1 atom stereocenters. The van der Waals surface area contributed by atoms with Crippen LogP contribution in [0.25, 0.3) is 11.3 Å². The van der Waals surface area contributed by atoms with E-state index in [1.165, 1.54) is 6.39 Å². The number of carbonyl (C=O) groups excluding carboxylic acids is 1. The summed E-state index contributed by atoms with van der Waals surface area (Å²) in [4.78, 5) is 18.7. The van der Waals surface area contributed by atoms with Gasteiger partial charge >= 0.3 is 0 Å². The lowest BCUT2D eigenvalue weighted by molar-refractivity contribution is 0.0721. The predicted octanol–water partition coefficient (Wildman–Crippen LogP) is 2.84. The van der Waals surface area contributed by atoms with E-state index < -0.39 is 0 Å². The van der Waals surface area contributed by atoms with Gasteiger partial charge in [-0.2, -0.15) is 5.10 Å². The summed E-state index contributed by atoms with van der Waals surface area (Å²) in [5.74, 6) is 0.778. The Morgan fingerprint density at radius 2 is 2.17 bits per heavy atom. The molecule has 0 saturated carbocycles. The van der Waals surface area contributed by atoms with E-state index in [1.807, 2.05) is 46.1 Å². The summed E-state index contributed by atoms with van der Waals surface area (Å²) in [6.45, 7) is 1.55. The van der Waals surface area contributed by atoms with E-state index in [-0.39, 0.29) is 11.9 Å². The molecule has 1 aliphatic rings. The van der Waals surface area contributed by atoms with Gasteiger partial charge < -0.3 is 9.32 Å². The maximum atomic E-state index is 12.8. The Morgan fingerprint density at radius 1 is 1.29 bits per heavy atom. The van der Waals surface area contributed by atoms with E-state index >= 15 is 0 Å². The summed E-state index contributed by atoms with van der Waals surface area (Å²) in [7, 11) is 0. The third kappa shape index (κ3) is 2.82. The fourth-order valence-corrected chi connectivity index (χ4v) is 3.22. The van der Waals surface area contributed by atoms with Crippen LogP contribution in [0.4, 0.5) is 0 Å². The van der Waals surface area contributed by atoms with Gasteiger partial charge in [0.05, 0.1) is 18.8 Å². The highest BCUT2D eigenvalue weighted by molar-refractivity contribution is 5.95. The summed E-state index contributed by atoms with van der Waals surface area (Å²) in [6.07, 6.45) is 8.82. The average molecular weight is 322 g/mol. The second kappa shape index (κ2) is 6.31. The largest absolute Gasteiger partial charge is 0.444 e. The predicted molar refractivity (Wildman–Crippen MR) is 88.2 cm³/mol. The number of nitrogens with zero attached hydrogens (tertiary/aromatic N) is 4. The molecule has 3 aromatic rings. The Kier molecular flexibility index (Phi) is 3.86. The van der Waals surface area contributed by atoms with Gasteiger partial charge in [0.2, 0.25) is 0 Å². The first-order valence-electron chi connectivity index (χ1n) is 8.08. The molecule has 1 unspecified atom stereocenters. The normalized spacial score (nSPS) is 17.3. The zero-order chi connectivity index (χ0) is 16.4. The van der Waals surface area contributed by atoms with Crippen molar-refractivity contribution in [3.8, 4) is 11.3 Å². The molecular formula is C18H18N4O2. The third-order valence-corrected chi connectivity index (χ3v) is 4.44. The molecule has 0 aliphatic carbocycles. The van der Waals surface area contributed by atoms with E-state index in [0.717, 1.165) is 31.5 Å². The minimum Gasteiger partial charge on any atom is -0.444 e. The first-order chi connectivity index (χ1) is 11.8. The quantitative estimate of drug-likeness (QED) is 0.741. The van der Waals surface area contributed by atoms with Crippen molar-refractivity contribution in [3.63, 3.8) is 0 Å². The average Bonchev–Trinajstić information content (AvgIpc) is 3.37. The molecule has 1 saturated heterocycles. The number of oxazole rings is 1. The molecule has 0 bridgehead atoms. The maximum absolute atomic E-state index is 12.8. The second-order valence-electron chi connectivity index (χ2n) is 5.97. The lowest BCUT2D eigenvalue weighted by atomic mass is 10.1. The van der Waals surface area contributed by atoms with Crippen molar-refractivity contribution >= 4 is 5.91 Å². The Balaban J connectivity index is 1.50. The van der Waals surface area contributed by atoms with Crippen LogP contribution in [0.1, 0.15) is 23.2 Å². The van der Waals surface area contributed by atoms with Gasteiger partial charge in [0.25, 0.3) is 5.91 Å². The van der Waals surface area contributed by atoms with E-state index in [2.05, 4.69) is 10.1 Å². The molecule has 1 aromatic carbocycles. The molecule has 3 heterocycles. The van der Waals surface area contributed by atoms with Crippen LogP contribution in [0, 0.1) is 0 Å². The number of hydrogen-bond acceptors (Lipinski definition) is 4. The van der Waals surface area contributed by atoms with E-state index in [4.69, 9.17) is 4.42 Å². The van der Waals surface area contributed by atoms with Crippen LogP contribution >= 0.6 is 0 Å². The van der Waals surface area contributed by atoms with Crippen LogP contribution in [0.15, 0.2) is 59.7 Å². The maximum Gasteiger partial charge on any atom is 0.254 e. The van der Waals surface area contributed by atoms with Crippen molar-refractivity contribution in [2.24, 2.45) is 0 Å². The lowest BCUT2D eigenvalue weighted by Gasteiger charge is -2.25. The molecule has 24 heavy (non-hydrogen) atoms. The van der Waals surface area contributed by atoms with Crippen molar-refractivity contribution in [2.45, 2.75) is 25.4 Å². The van der Waals surface area contributed by atoms with E-state index in [1.54, 1.807) is 12.4 Å². The van der Waals surface area contributed by atoms with Gasteiger partial charge in [-0.05, 0) is 31.0 Å². The topological polar surface area (TPSA) is 64.2 Å². The molecule has 1 amide bonds. The van der Waals surface area contributed by atoms with Crippen LogP contribution < -0.4 is 0 Å². The van der Waals surface area contributed by atoms with Crippen LogP contribution in [0.5, 0.6) is 0 Å². The molecule has 6 nitrogen and oxygen atoms in total. The molecule has 4 rings (SSSR count). The van der Waals surface area contributed by atoms with Crippen LogP contribution in [0.3, 0.4) is 0 Å². The third-order valence-electron chi connectivity index (χ3n) is 4.44. The highest BCUT2D eigenvalue weighted by Crippen LogP contribution is 2.23. The molecule has 0 spiro atoms. The molecule has 122 valence electrons. The number of hydrogen-bond donors (Lipinski definition) is 0. The Morgan fingerprint density at radius 3 is 2.88 bits per heavy atom. The Bertz CT molecular complexity index is 794. The number of rotatable bonds is 4. The molecule has 1 aliphatic heterocycles. The van der Waals surface area contributed by atoms with Gasteiger partial charge in [0.15, 0.2) is 12.2 Å². The standard InChI is InChI=1S/C18H18N4O2/c23-18(15-6-4-14(5-7-15)17-11-19-13-24-17)22-10-1-3-16(22)12-21-9-2-8-20-21/h2,4-9,11,13,16H,1,3,10,12H2. The lowest BCUT2D eigenvalue weighted by Crippen LogP contribution is -2.38. The van der Waals surface area contributed by atoms with Crippen LogP contribution in [0.2, 0.25) is 0 Å². The van der Waals surface area contributed by atoms with Gasteiger partial charge in [-0.1, -0.05) is 12.1 Å². The SMILES string of the molecule is O=C(c1ccc(-c2cnco2)cc1)N1CCCC1Cn1cccn1. The summed E-state index contributed by atoms with van der Waals surface area (Å²) < 4.78 is 7.17. The monoisotopic (exact) mass is 322 g/mol. The minimum absolute atomic E-state index is 0.0776. The van der Waals surface area contributed by atoms with Crippen molar-refractivity contribution in [2.75, 3.05) is 6.54 Å². The van der Waals surface area contributed by atoms with Crippen LogP contribution in [-0.2, 0) is 6.54 Å². The first-order valence-corrected chi connectivity index (χ1v) is 8.08.